The molecule has 3 aromatic carbocycles. The van der Waals surface area contributed by atoms with Gasteiger partial charge in [-0.1, -0.05) is 54.6 Å². The number of hydrogen-bond acceptors (Lipinski definition) is 5. The van der Waals surface area contributed by atoms with E-state index in [-0.39, 0.29) is 15.5 Å². The molecule has 0 saturated heterocycles. The van der Waals surface area contributed by atoms with Crippen molar-refractivity contribution in [2.24, 2.45) is 0 Å². The van der Waals surface area contributed by atoms with E-state index in [4.69, 9.17) is 4.18 Å². The van der Waals surface area contributed by atoms with Gasteiger partial charge in [0.05, 0.1) is 4.90 Å². The van der Waals surface area contributed by atoms with Crippen molar-refractivity contribution in [3.63, 3.8) is 0 Å². The Hall–Kier alpha value is -2.64. The molecule has 140 valence electrons. The standard InChI is InChI=1S/C20H18O5S2/c1-15-12-13-17(26(2,21)22)14-20(15)27(23,24)25-19-11-7-6-10-18(19)16-8-4-3-5-9-16/h3-14H,1-2H3. The van der Waals surface area contributed by atoms with E-state index in [1.165, 1.54) is 12.1 Å². The fraction of sp³-hybridized carbons (Fsp3) is 0.100. The van der Waals surface area contributed by atoms with Gasteiger partial charge in [-0.25, -0.2) is 8.42 Å². The first-order valence-corrected chi connectivity index (χ1v) is 11.4. The summed E-state index contributed by atoms with van der Waals surface area (Å²) in [6.07, 6.45) is 1.03. The fourth-order valence-electron chi connectivity index (χ4n) is 2.64. The maximum absolute atomic E-state index is 12.9. The van der Waals surface area contributed by atoms with Gasteiger partial charge < -0.3 is 4.18 Å². The van der Waals surface area contributed by atoms with Crippen LogP contribution >= 0.6 is 0 Å². The second-order valence-corrected chi connectivity index (χ2v) is 9.63. The Morgan fingerprint density at radius 2 is 1.41 bits per heavy atom. The normalized spacial score (nSPS) is 11.9. The predicted molar refractivity (Wildman–Crippen MR) is 104 cm³/mol. The molecule has 0 aliphatic rings. The monoisotopic (exact) mass is 402 g/mol. The zero-order valence-corrected chi connectivity index (χ0v) is 16.4. The van der Waals surface area contributed by atoms with E-state index in [0.29, 0.717) is 11.1 Å². The van der Waals surface area contributed by atoms with Crippen LogP contribution in [0.4, 0.5) is 0 Å². The van der Waals surface area contributed by atoms with Crippen molar-refractivity contribution in [3.8, 4) is 16.9 Å². The van der Waals surface area contributed by atoms with E-state index >= 15 is 0 Å². The van der Waals surface area contributed by atoms with E-state index < -0.39 is 20.0 Å². The van der Waals surface area contributed by atoms with Crippen LogP contribution in [-0.4, -0.2) is 23.1 Å². The Kier molecular flexibility index (Phi) is 5.08. The van der Waals surface area contributed by atoms with Crippen LogP contribution in [0.15, 0.2) is 82.6 Å². The van der Waals surface area contributed by atoms with Gasteiger partial charge >= 0.3 is 10.1 Å². The van der Waals surface area contributed by atoms with Gasteiger partial charge in [-0.05, 0) is 36.2 Å². The molecule has 0 aliphatic carbocycles. The van der Waals surface area contributed by atoms with Crippen molar-refractivity contribution in [1.29, 1.82) is 0 Å². The molecule has 0 bridgehead atoms. The Bertz CT molecular complexity index is 1180. The first-order chi connectivity index (χ1) is 12.7. The summed E-state index contributed by atoms with van der Waals surface area (Å²) in [5, 5.41) is 0. The Morgan fingerprint density at radius 1 is 0.778 bits per heavy atom. The molecule has 7 heteroatoms. The van der Waals surface area contributed by atoms with Crippen LogP contribution in [0.3, 0.4) is 0 Å². The molecule has 0 saturated carbocycles. The highest BCUT2D eigenvalue weighted by atomic mass is 32.2. The molecule has 0 heterocycles. The zero-order chi connectivity index (χ0) is 19.7. The zero-order valence-electron chi connectivity index (χ0n) is 14.8. The van der Waals surface area contributed by atoms with Gasteiger partial charge in [0.15, 0.2) is 15.6 Å². The van der Waals surface area contributed by atoms with E-state index in [1.54, 1.807) is 31.2 Å². The molecule has 3 rings (SSSR count). The lowest BCUT2D eigenvalue weighted by atomic mass is 10.1. The number of benzene rings is 3. The molecule has 3 aromatic rings. The summed E-state index contributed by atoms with van der Waals surface area (Å²) in [5.74, 6) is 0.174. The molecule has 0 spiro atoms. The first-order valence-electron chi connectivity index (χ1n) is 8.08. The van der Waals surface area contributed by atoms with Crippen molar-refractivity contribution in [2.75, 3.05) is 6.26 Å². The average molecular weight is 402 g/mol. The summed E-state index contributed by atoms with van der Waals surface area (Å²) in [4.78, 5) is -0.250. The highest BCUT2D eigenvalue weighted by molar-refractivity contribution is 7.90. The quantitative estimate of drug-likeness (QED) is 0.606. The van der Waals surface area contributed by atoms with Crippen LogP contribution in [0.25, 0.3) is 11.1 Å². The highest BCUT2D eigenvalue weighted by Gasteiger charge is 2.23. The van der Waals surface area contributed by atoms with Gasteiger partial charge in [-0.15, -0.1) is 0 Å². The SMILES string of the molecule is Cc1ccc(S(C)(=O)=O)cc1S(=O)(=O)Oc1ccccc1-c1ccccc1. The summed E-state index contributed by atoms with van der Waals surface area (Å²) in [5.41, 5.74) is 1.84. The maximum atomic E-state index is 12.9. The van der Waals surface area contributed by atoms with Gasteiger partial charge in [0.2, 0.25) is 0 Å². The Labute approximate surface area is 159 Å². The molecular formula is C20H18O5S2. The molecule has 0 radical (unpaired) electrons. The summed E-state index contributed by atoms with van der Waals surface area (Å²) < 4.78 is 54.7. The third kappa shape index (κ3) is 4.20. The van der Waals surface area contributed by atoms with E-state index in [1.807, 2.05) is 30.3 Å². The van der Waals surface area contributed by atoms with E-state index in [2.05, 4.69) is 0 Å². The maximum Gasteiger partial charge on any atom is 0.339 e. The minimum Gasteiger partial charge on any atom is -0.378 e. The average Bonchev–Trinajstić information content (AvgIpc) is 2.62. The summed E-state index contributed by atoms with van der Waals surface area (Å²) in [6, 6.07) is 20.0. The van der Waals surface area contributed by atoms with Gasteiger partial charge in [0, 0.05) is 11.8 Å². The third-order valence-electron chi connectivity index (χ3n) is 4.03. The molecule has 5 nitrogen and oxygen atoms in total. The minimum atomic E-state index is -4.22. The van der Waals surface area contributed by atoms with Gasteiger partial charge in [0.1, 0.15) is 4.90 Å². The van der Waals surface area contributed by atoms with Crippen molar-refractivity contribution in [3.05, 3.63) is 78.4 Å². The van der Waals surface area contributed by atoms with Crippen LogP contribution in [0, 0.1) is 6.92 Å². The van der Waals surface area contributed by atoms with Crippen molar-refractivity contribution < 1.29 is 21.0 Å². The van der Waals surface area contributed by atoms with Crippen LogP contribution in [0.2, 0.25) is 0 Å². The van der Waals surface area contributed by atoms with Gasteiger partial charge in [-0.2, -0.15) is 8.42 Å². The Morgan fingerprint density at radius 3 is 2.07 bits per heavy atom. The number of rotatable bonds is 5. The van der Waals surface area contributed by atoms with Crippen molar-refractivity contribution in [2.45, 2.75) is 16.7 Å². The molecule has 0 atom stereocenters. The van der Waals surface area contributed by atoms with Crippen molar-refractivity contribution >= 4 is 20.0 Å². The molecule has 0 N–H and O–H groups in total. The van der Waals surface area contributed by atoms with Gasteiger partial charge in [-0.3, -0.25) is 0 Å². The molecule has 0 aromatic heterocycles. The van der Waals surface area contributed by atoms with E-state index in [9.17, 15) is 16.8 Å². The summed E-state index contributed by atoms with van der Waals surface area (Å²) >= 11 is 0. The third-order valence-corrected chi connectivity index (χ3v) is 6.52. The minimum absolute atomic E-state index is 0.0772. The molecule has 0 fully saturated rings. The molecule has 0 aliphatic heterocycles. The summed E-state index contributed by atoms with van der Waals surface area (Å²) in [6.45, 7) is 1.59. The van der Waals surface area contributed by atoms with Crippen LogP contribution < -0.4 is 4.18 Å². The van der Waals surface area contributed by atoms with Gasteiger partial charge in [0.25, 0.3) is 0 Å². The number of para-hydroxylation sites is 1. The van der Waals surface area contributed by atoms with Crippen molar-refractivity contribution in [1.82, 2.24) is 0 Å². The number of sulfone groups is 1. The van der Waals surface area contributed by atoms with Crippen LogP contribution in [0.1, 0.15) is 5.56 Å². The molecular weight excluding hydrogens is 384 g/mol. The number of hydrogen-bond donors (Lipinski definition) is 0. The predicted octanol–water partition coefficient (Wildman–Crippen LogP) is 3.83. The fourth-order valence-corrected chi connectivity index (χ4v) is 4.57. The second-order valence-electron chi connectivity index (χ2n) is 6.10. The highest BCUT2D eigenvalue weighted by Crippen LogP contribution is 2.32. The van der Waals surface area contributed by atoms with E-state index in [0.717, 1.165) is 17.9 Å². The lowest BCUT2D eigenvalue weighted by molar-refractivity contribution is 0.486. The summed E-state index contributed by atoms with van der Waals surface area (Å²) in [7, 11) is -7.77. The first kappa shape index (κ1) is 19.1. The lowest BCUT2D eigenvalue weighted by Crippen LogP contribution is -2.13. The smallest absolute Gasteiger partial charge is 0.339 e. The van der Waals surface area contributed by atoms with Crippen LogP contribution in [-0.2, 0) is 20.0 Å². The lowest BCUT2D eigenvalue weighted by Gasteiger charge is -2.13. The topological polar surface area (TPSA) is 77.5 Å². The van der Waals surface area contributed by atoms with Crippen LogP contribution in [0.5, 0.6) is 5.75 Å². The number of aryl methyl sites for hydroxylation is 1. The Balaban J connectivity index is 2.07. The molecule has 0 amide bonds. The largest absolute Gasteiger partial charge is 0.378 e. The molecule has 0 unspecified atom stereocenters. The molecule has 27 heavy (non-hydrogen) atoms. The second kappa shape index (κ2) is 7.17.